The lowest BCUT2D eigenvalue weighted by atomic mass is 10.1. The third-order valence-corrected chi connectivity index (χ3v) is 3.77. The van der Waals surface area contributed by atoms with Crippen molar-refractivity contribution in [3.63, 3.8) is 0 Å². The van der Waals surface area contributed by atoms with Crippen LogP contribution in [0.2, 0.25) is 0 Å². The van der Waals surface area contributed by atoms with Crippen molar-refractivity contribution in [2.45, 2.75) is 19.4 Å². The third-order valence-electron chi connectivity index (χ3n) is 3.77. The molecule has 0 aliphatic heterocycles. The Morgan fingerprint density at radius 3 is 2.33 bits per heavy atom. The molecule has 0 bridgehead atoms. The Morgan fingerprint density at radius 2 is 1.67 bits per heavy atom. The first-order chi connectivity index (χ1) is 13.1. The molecule has 2 aromatic rings. The maximum Gasteiger partial charge on any atom is 0.337 e. The van der Waals surface area contributed by atoms with E-state index in [1.165, 1.54) is 19.2 Å². The quantitative estimate of drug-likeness (QED) is 0.522. The molecule has 2 N–H and O–H groups in total. The van der Waals surface area contributed by atoms with Gasteiger partial charge in [-0.3, -0.25) is 0 Å². The number of carbonyl (C=O) groups excluding carboxylic acids is 2. The minimum atomic E-state index is -0.393. The van der Waals surface area contributed by atoms with Gasteiger partial charge in [-0.15, -0.1) is 0 Å². The van der Waals surface area contributed by atoms with Crippen molar-refractivity contribution in [2.75, 3.05) is 20.3 Å². The first-order valence-corrected chi connectivity index (χ1v) is 8.66. The molecule has 0 unspecified atom stereocenters. The number of rotatable bonds is 9. The normalized spacial score (nSPS) is 10.1. The van der Waals surface area contributed by atoms with Gasteiger partial charge in [0.1, 0.15) is 11.6 Å². The number of nitrogens with one attached hydrogen (secondary N) is 2. The van der Waals surface area contributed by atoms with Crippen molar-refractivity contribution in [1.82, 2.24) is 10.6 Å². The number of unbranched alkanes of at least 4 members (excludes halogenated alkanes) is 1. The van der Waals surface area contributed by atoms with E-state index >= 15 is 0 Å². The average molecular weight is 374 g/mol. The van der Waals surface area contributed by atoms with Crippen molar-refractivity contribution in [3.8, 4) is 5.75 Å². The van der Waals surface area contributed by atoms with Crippen LogP contribution >= 0.6 is 0 Å². The molecular weight excluding hydrogens is 351 g/mol. The van der Waals surface area contributed by atoms with E-state index in [0.29, 0.717) is 31.0 Å². The summed E-state index contributed by atoms with van der Waals surface area (Å²) in [6.07, 6.45) is 1.54. The van der Waals surface area contributed by atoms with Crippen LogP contribution in [0.4, 0.5) is 9.18 Å². The van der Waals surface area contributed by atoms with Crippen molar-refractivity contribution < 1.29 is 23.5 Å². The third kappa shape index (κ3) is 7.35. The molecule has 0 saturated carbocycles. The number of esters is 1. The molecule has 144 valence electrons. The number of halogens is 1. The molecule has 0 aliphatic carbocycles. The molecule has 0 spiro atoms. The van der Waals surface area contributed by atoms with E-state index in [9.17, 15) is 14.0 Å². The second kappa shape index (κ2) is 10.8. The van der Waals surface area contributed by atoms with Crippen LogP contribution in [0.5, 0.6) is 5.75 Å². The molecule has 0 fully saturated rings. The molecule has 0 heterocycles. The van der Waals surface area contributed by atoms with Crippen LogP contribution in [0.3, 0.4) is 0 Å². The largest absolute Gasteiger partial charge is 0.494 e. The summed E-state index contributed by atoms with van der Waals surface area (Å²) < 4.78 is 22.9. The highest BCUT2D eigenvalue weighted by molar-refractivity contribution is 5.89. The Balaban J connectivity index is 1.55. The smallest absolute Gasteiger partial charge is 0.337 e. The zero-order chi connectivity index (χ0) is 19.5. The molecule has 0 radical (unpaired) electrons. The fourth-order valence-corrected chi connectivity index (χ4v) is 2.27. The minimum absolute atomic E-state index is 0.258. The highest BCUT2D eigenvalue weighted by Crippen LogP contribution is 2.11. The zero-order valence-electron chi connectivity index (χ0n) is 15.2. The standard InChI is InChI=1S/C20H23FN2O4/c1-26-19(24)16-6-4-15(5-7-16)14-23-20(25)22-12-2-3-13-27-18-10-8-17(21)9-11-18/h4-11H,2-3,12-14H2,1H3,(H2,22,23,25). The summed E-state index contributed by atoms with van der Waals surface area (Å²) in [6, 6.07) is 12.4. The number of urea groups is 1. The summed E-state index contributed by atoms with van der Waals surface area (Å²) >= 11 is 0. The van der Waals surface area contributed by atoms with Gasteiger partial charge in [-0.25, -0.2) is 14.0 Å². The molecule has 0 saturated heterocycles. The van der Waals surface area contributed by atoms with E-state index in [0.717, 1.165) is 18.4 Å². The fourth-order valence-electron chi connectivity index (χ4n) is 2.27. The minimum Gasteiger partial charge on any atom is -0.494 e. The van der Waals surface area contributed by atoms with Crippen LogP contribution < -0.4 is 15.4 Å². The maximum absolute atomic E-state index is 12.8. The highest BCUT2D eigenvalue weighted by atomic mass is 19.1. The Kier molecular flexibility index (Phi) is 8.09. The summed E-state index contributed by atoms with van der Waals surface area (Å²) in [5, 5.41) is 5.52. The average Bonchev–Trinajstić information content (AvgIpc) is 2.70. The summed E-state index contributed by atoms with van der Waals surface area (Å²) in [4.78, 5) is 23.1. The number of carbonyl (C=O) groups is 2. The van der Waals surface area contributed by atoms with Crippen LogP contribution in [0, 0.1) is 5.82 Å². The first kappa shape index (κ1) is 20.2. The van der Waals surface area contributed by atoms with Crippen molar-refractivity contribution >= 4 is 12.0 Å². The van der Waals surface area contributed by atoms with E-state index in [-0.39, 0.29) is 11.8 Å². The Hall–Kier alpha value is -3.09. The lowest BCUT2D eigenvalue weighted by Crippen LogP contribution is -2.35. The molecule has 7 heteroatoms. The van der Waals surface area contributed by atoms with Crippen molar-refractivity contribution in [2.24, 2.45) is 0 Å². The molecule has 6 nitrogen and oxygen atoms in total. The summed E-state index contributed by atoms with van der Waals surface area (Å²) in [6.45, 7) is 1.39. The molecule has 2 aromatic carbocycles. The number of benzene rings is 2. The Morgan fingerprint density at radius 1 is 0.963 bits per heavy atom. The second-order valence-corrected chi connectivity index (χ2v) is 5.81. The predicted molar refractivity (Wildman–Crippen MR) is 99.1 cm³/mol. The monoisotopic (exact) mass is 374 g/mol. The molecule has 0 atom stereocenters. The van der Waals surface area contributed by atoms with Gasteiger partial charge in [0.05, 0.1) is 19.3 Å². The van der Waals surface area contributed by atoms with Crippen LogP contribution in [-0.2, 0) is 11.3 Å². The first-order valence-electron chi connectivity index (χ1n) is 8.66. The summed E-state index contributed by atoms with van der Waals surface area (Å²) in [5.74, 6) is -0.0621. The topological polar surface area (TPSA) is 76.7 Å². The Bertz CT molecular complexity index is 733. The van der Waals surface area contributed by atoms with Gasteiger partial charge in [-0.05, 0) is 54.8 Å². The van der Waals surface area contributed by atoms with Gasteiger partial charge in [0, 0.05) is 13.1 Å². The molecule has 2 rings (SSSR count). The van der Waals surface area contributed by atoms with E-state index in [2.05, 4.69) is 15.4 Å². The molecular formula is C20H23FN2O4. The van der Waals surface area contributed by atoms with Gasteiger partial charge >= 0.3 is 12.0 Å². The van der Waals surface area contributed by atoms with Crippen LogP contribution in [0.15, 0.2) is 48.5 Å². The van der Waals surface area contributed by atoms with Gasteiger partial charge in [0.2, 0.25) is 0 Å². The molecule has 0 aliphatic rings. The summed E-state index contributed by atoms with van der Waals surface area (Å²) in [5.41, 5.74) is 1.35. The van der Waals surface area contributed by atoms with Gasteiger partial charge in [0.15, 0.2) is 0 Å². The van der Waals surface area contributed by atoms with Crippen LogP contribution in [-0.4, -0.2) is 32.3 Å². The zero-order valence-corrected chi connectivity index (χ0v) is 15.2. The van der Waals surface area contributed by atoms with Gasteiger partial charge in [0.25, 0.3) is 0 Å². The van der Waals surface area contributed by atoms with E-state index in [1.54, 1.807) is 36.4 Å². The van der Waals surface area contributed by atoms with Gasteiger partial charge in [-0.2, -0.15) is 0 Å². The van der Waals surface area contributed by atoms with Gasteiger partial charge in [-0.1, -0.05) is 12.1 Å². The Labute approximate surface area is 157 Å². The fraction of sp³-hybridized carbons (Fsp3) is 0.300. The highest BCUT2D eigenvalue weighted by Gasteiger charge is 2.05. The maximum atomic E-state index is 12.8. The van der Waals surface area contributed by atoms with Gasteiger partial charge < -0.3 is 20.1 Å². The molecule has 2 amide bonds. The molecule has 0 aromatic heterocycles. The van der Waals surface area contributed by atoms with E-state index in [1.807, 2.05) is 0 Å². The number of amides is 2. The summed E-state index contributed by atoms with van der Waals surface area (Å²) in [7, 11) is 1.33. The predicted octanol–water partition coefficient (Wildman–Crippen LogP) is 3.27. The lowest BCUT2D eigenvalue weighted by Gasteiger charge is -2.09. The van der Waals surface area contributed by atoms with E-state index < -0.39 is 5.97 Å². The second-order valence-electron chi connectivity index (χ2n) is 5.81. The number of ether oxygens (including phenoxy) is 2. The SMILES string of the molecule is COC(=O)c1ccc(CNC(=O)NCCCCOc2ccc(F)cc2)cc1. The number of hydrogen-bond donors (Lipinski definition) is 2. The number of hydrogen-bond acceptors (Lipinski definition) is 4. The lowest BCUT2D eigenvalue weighted by molar-refractivity contribution is 0.0600. The van der Waals surface area contributed by atoms with E-state index in [4.69, 9.17) is 4.74 Å². The van der Waals surface area contributed by atoms with Crippen LogP contribution in [0.1, 0.15) is 28.8 Å². The number of methoxy groups -OCH3 is 1. The van der Waals surface area contributed by atoms with Crippen LogP contribution in [0.25, 0.3) is 0 Å². The molecule has 27 heavy (non-hydrogen) atoms. The van der Waals surface area contributed by atoms with Crippen molar-refractivity contribution in [3.05, 3.63) is 65.5 Å². The van der Waals surface area contributed by atoms with Crippen molar-refractivity contribution in [1.29, 1.82) is 0 Å².